The van der Waals surface area contributed by atoms with Gasteiger partial charge in [0.1, 0.15) is 11.4 Å². The molecule has 0 aliphatic carbocycles. The maximum Gasteiger partial charge on any atom is 0.267 e. The number of rotatable bonds is 3. The molecule has 0 unspecified atom stereocenters. The van der Waals surface area contributed by atoms with E-state index in [4.69, 9.17) is 5.73 Å². The molecule has 5 heteroatoms. The third-order valence-electron chi connectivity index (χ3n) is 2.01. The summed E-state index contributed by atoms with van der Waals surface area (Å²) in [4.78, 5) is 22.3. The van der Waals surface area contributed by atoms with Crippen molar-refractivity contribution in [2.45, 2.75) is 13.5 Å². The minimum atomic E-state index is -0.526. The molecule has 76 valence electrons. The first-order valence-corrected chi connectivity index (χ1v) is 4.33. The van der Waals surface area contributed by atoms with Crippen LogP contribution in [0.5, 0.6) is 0 Å². The van der Waals surface area contributed by atoms with Gasteiger partial charge in [-0.15, -0.1) is 0 Å². The number of hydrogen-bond acceptors (Lipinski definition) is 2. The molecule has 0 aliphatic heterocycles. The number of nitrogens with two attached hydrogens (primary N) is 1. The molecule has 0 saturated carbocycles. The fourth-order valence-corrected chi connectivity index (χ4v) is 1.35. The third kappa shape index (κ3) is 1.61. The summed E-state index contributed by atoms with van der Waals surface area (Å²) in [5.41, 5.74) is 5.95. The summed E-state index contributed by atoms with van der Waals surface area (Å²) in [6.45, 7) is 2.38. The number of carbonyl (C=O) groups is 2. The summed E-state index contributed by atoms with van der Waals surface area (Å²) in [7, 11) is 1.54. The van der Waals surface area contributed by atoms with Gasteiger partial charge < -0.3 is 15.6 Å². The number of primary amides is 1. The lowest BCUT2D eigenvalue weighted by molar-refractivity contribution is 0.0953. The molecular formula is C9H13N3O2. The second kappa shape index (κ2) is 3.95. The van der Waals surface area contributed by atoms with Gasteiger partial charge >= 0.3 is 0 Å². The Hall–Kier alpha value is -1.78. The van der Waals surface area contributed by atoms with E-state index in [9.17, 15) is 9.59 Å². The Morgan fingerprint density at radius 1 is 1.43 bits per heavy atom. The highest BCUT2D eigenvalue weighted by Crippen LogP contribution is 2.08. The van der Waals surface area contributed by atoms with Crippen molar-refractivity contribution in [2.24, 2.45) is 5.73 Å². The molecule has 3 N–H and O–H groups in total. The molecule has 2 amide bonds. The monoisotopic (exact) mass is 195 g/mol. The van der Waals surface area contributed by atoms with Crippen LogP contribution in [0.15, 0.2) is 12.1 Å². The fourth-order valence-electron chi connectivity index (χ4n) is 1.35. The van der Waals surface area contributed by atoms with Crippen LogP contribution in [-0.4, -0.2) is 23.4 Å². The van der Waals surface area contributed by atoms with Crippen LogP contribution in [0.2, 0.25) is 0 Å². The van der Waals surface area contributed by atoms with Crippen LogP contribution in [0.4, 0.5) is 0 Å². The fraction of sp³-hybridized carbons (Fsp3) is 0.333. The molecule has 0 radical (unpaired) electrons. The van der Waals surface area contributed by atoms with E-state index >= 15 is 0 Å². The second-order valence-electron chi connectivity index (χ2n) is 2.79. The molecule has 0 fully saturated rings. The zero-order valence-electron chi connectivity index (χ0n) is 8.20. The smallest absolute Gasteiger partial charge is 0.267 e. The SMILES string of the molecule is CCn1c(C(N)=O)ccc1C(=O)NC. The Morgan fingerprint density at radius 2 is 2.00 bits per heavy atom. The van der Waals surface area contributed by atoms with Crippen molar-refractivity contribution in [3.05, 3.63) is 23.5 Å². The number of nitrogens with zero attached hydrogens (tertiary/aromatic N) is 1. The number of aromatic nitrogens is 1. The van der Waals surface area contributed by atoms with Crippen LogP contribution in [0, 0.1) is 0 Å². The molecule has 0 spiro atoms. The summed E-state index contributed by atoms with van der Waals surface area (Å²) < 4.78 is 1.58. The molecule has 0 aliphatic rings. The third-order valence-corrected chi connectivity index (χ3v) is 2.01. The zero-order valence-corrected chi connectivity index (χ0v) is 8.20. The lowest BCUT2D eigenvalue weighted by Gasteiger charge is -2.07. The maximum absolute atomic E-state index is 11.3. The maximum atomic E-state index is 11.3. The van der Waals surface area contributed by atoms with Gasteiger partial charge in [0.2, 0.25) is 0 Å². The molecule has 1 aromatic rings. The number of carbonyl (C=O) groups excluding carboxylic acids is 2. The predicted molar refractivity (Wildman–Crippen MR) is 52.0 cm³/mol. The summed E-state index contributed by atoms with van der Waals surface area (Å²) in [5.74, 6) is -0.749. The van der Waals surface area contributed by atoms with Gasteiger partial charge in [0.05, 0.1) is 0 Å². The molecule has 5 nitrogen and oxygen atoms in total. The Morgan fingerprint density at radius 3 is 2.43 bits per heavy atom. The molecule has 0 aromatic carbocycles. The molecule has 1 rings (SSSR count). The zero-order chi connectivity index (χ0) is 10.7. The minimum absolute atomic E-state index is 0.223. The molecule has 0 saturated heterocycles. The van der Waals surface area contributed by atoms with Crippen LogP contribution in [0.25, 0.3) is 0 Å². The quantitative estimate of drug-likeness (QED) is 0.710. The second-order valence-corrected chi connectivity index (χ2v) is 2.79. The highest BCUT2D eigenvalue weighted by atomic mass is 16.2. The van der Waals surface area contributed by atoms with Gasteiger partial charge in [0.25, 0.3) is 11.8 Å². The van der Waals surface area contributed by atoms with Crippen molar-refractivity contribution in [3.8, 4) is 0 Å². The van der Waals surface area contributed by atoms with E-state index in [2.05, 4.69) is 5.32 Å². The van der Waals surface area contributed by atoms with Crippen LogP contribution >= 0.6 is 0 Å². The van der Waals surface area contributed by atoms with Crippen LogP contribution in [0.1, 0.15) is 27.9 Å². The normalized spacial score (nSPS) is 9.86. The van der Waals surface area contributed by atoms with E-state index in [1.807, 2.05) is 6.92 Å². The number of nitrogens with one attached hydrogen (secondary N) is 1. The van der Waals surface area contributed by atoms with Gasteiger partial charge in [-0.3, -0.25) is 9.59 Å². The highest BCUT2D eigenvalue weighted by molar-refractivity contribution is 5.97. The largest absolute Gasteiger partial charge is 0.364 e. The standard InChI is InChI=1S/C9H13N3O2/c1-3-12-6(8(10)13)4-5-7(12)9(14)11-2/h4-5H,3H2,1-2H3,(H2,10,13)(H,11,14). The minimum Gasteiger partial charge on any atom is -0.364 e. The molecule has 0 bridgehead atoms. The first kappa shape index (κ1) is 10.3. The van der Waals surface area contributed by atoms with Crippen molar-refractivity contribution < 1.29 is 9.59 Å². The summed E-state index contributed by atoms with van der Waals surface area (Å²) in [6.07, 6.45) is 0. The van der Waals surface area contributed by atoms with Gasteiger partial charge in [0.15, 0.2) is 0 Å². The number of amides is 2. The van der Waals surface area contributed by atoms with Gasteiger partial charge in [0, 0.05) is 13.6 Å². The predicted octanol–water partition coefficient (Wildman–Crippen LogP) is -0.0335. The van der Waals surface area contributed by atoms with Crippen LogP contribution < -0.4 is 11.1 Å². The topological polar surface area (TPSA) is 77.1 Å². The molecule has 0 atom stereocenters. The van der Waals surface area contributed by atoms with Gasteiger partial charge in [-0.2, -0.15) is 0 Å². The Balaban J connectivity index is 3.20. The van der Waals surface area contributed by atoms with E-state index in [0.717, 1.165) is 0 Å². The summed E-state index contributed by atoms with van der Waals surface area (Å²) in [5, 5.41) is 2.50. The van der Waals surface area contributed by atoms with E-state index < -0.39 is 5.91 Å². The Bertz CT molecular complexity index is 368. The van der Waals surface area contributed by atoms with Gasteiger partial charge in [-0.1, -0.05) is 0 Å². The summed E-state index contributed by atoms with van der Waals surface area (Å²) in [6, 6.07) is 3.14. The van der Waals surface area contributed by atoms with E-state index in [1.165, 1.54) is 0 Å². The lowest BCUT2D eigenvalue weighted by atomic mass is 10.4. The molecule has 1 heterocycles. The lowest BCUT2D eigenvalue weighted by Crippen LogP contribution is -2.24. The Kier molecular flexibility index (Phi) is 2.91. The van der Waals surface area contributed by atoms with E-state index in [-0.39, 0.29) is 5.91 Å². The van der Waals surface area contributed by atoms with Gasteiger partial charge in [-0.05, 0) is 19.1 Å². The van der Waals surface area contributed by atoms with Crippen LogP contribution in [0.3, 0.4) is 0 Å². The molecule has 1 aromatic heterocycles. The number of hydrogen-bond donors (Lipinski definition) is 2. The van der Waals surface area contributed by atoms with Crippen molar-refractivity contribution in [3.63, 3.8) is 0 Å². The molecular weight excluding hydrogens is 182 g/mol. The van der Waals surface area contributed by atoms with Crippen LogP contribution in [-0.2, 0) is 6.54 Å². The first-order valence-electron chi connectivity index (χ1n) is 4.33. The molecule has 14 heavy (non-hydrogen) atoms. The highest BCUT2D eigenvalue weighted by Gasteiger charge is 2.15. The van der Waals surface area contributed by atoms with Crippen molar-refractivity contribution in [1.82, 2.24) is 9.88 Å². The van der Waals surface area contributed by atoms with Crippen molar-refractivity contribution >= 4 is 11.8 Å². The van der Waals surface area contributed by atoms with E-state index in [1.54, 1.807) is 23.7 Å². The average Bonchev–Trinajstić information content (AvgIpc) is 2.59. The average molecular weight is 195 g/mol. The summed E-state index contributed by atoms with van der Waals surface area (Å²) >= 11 is 0. The first-order chi connectivity index (χ1) is 6.61. The van der Waals surface area contributed by atoms with E-state index in [0.29, 0.717) is 17.9 Å². The van der Waals surface area contributed by atoms with Gasteiger partial charge in [-0.25, -0.2) is 0 Å². The van der Waals surface area contributed by atoms with Crippen molar-refractivity contribution in [2.75, 3.05) is 7.05 Å². The van der Waals surface area contributed by atoms with Crippen molar-refractivity contribution in [1.29, 1.82) is 0 Å². The Labute approximate surface area is 81.9 Å².